The molecular formula is C19H23Cl4N3O2. The fourth-order valence-electron chi connectivity index (χ4n) is 3.16. The van der Waals surface area contributed by atoms with E-state index in [0.29, 0.717) is 27.2 Å². The summed E-state index contributed by atoms with van der Waals surface area (Å²) in [6.07, 6.45) is 4.55. The van der Waals surface area contributed by atoms with E-state index < -0.39 is 0 Å². The lowest BCUT2D eigenvalue weighted by Gasteiger charge is -2.38. The summed E-state index contributed by atoms with van der Waals surface area (Å²) in [6, 6.07) is 8.49. The number of halogens is 4. The van der Waals surface area contributed by atoms with Gasteiger partial charge in [0.2, 0.25) is 5.88 Å². The molecule has 2 heterocycles. The Hall–Kier alpha value is -1.24. The van der Waals surface area contributed by atoms with E-state index in [-0.39, 0.29) is 42.8 Å². The first-order valence-electron chi connectivity index (χ1n) is 8.62. The molecule has 0 bridgehead atoms. The Balaban J connectivity index is 0.00000196. The summed E-state index contributed by atoms with van der Waals surface area (Å²) >= 11 is 12.1. The molecular weight excluding hydrogens is 444 g/mol. The highest BCUT2D eigenvalue weighted by molar-refractivity contribution is 6.42. The Morgan fingerprint density at radius 2 is 2.00 bits per heavy atom. The normalized spacial score (nSPS) is 17.1. The van der Waals surface area contributed by atoms with E-state index in [1.807, 2.05) is 11.8 Å². The van der Waals surface area contributed by atoms with Gasteiger partial charge in [0.15, 0.2) is 0 Å². The summed E-state index contributed by atoms with van der Waals surface area (Å²) in [6.45, 7) is 2.67. The molecule has 0 spiro atoms. The number of carbonyl (C=O) groups excluding carboxylic acids is 1. The minimum atomic E-state index is -0.0558. The fraction of sp³-hybridized carbons (Fsp3) is 0.368. The molecule has 2 unspecified atom stereocenters. The molecule has 154 valence electrons. The van der Waals surface area contributed by atoms with Crippen LogP contribution in [0.25, 0.3) is 0 Å². The van der Waals surface area contributed by atoms with Crippen molar-refractivity contribution >= 4 is 53.9 Å². The van der Waals surface area contributed by atoms with Crippen LogP contribution in [0.5, 0.6) is 11.6 Å². The number of amides is 1. The number of rotatable bonds is 4. The summed E-state index contributed by atoms with van der Waals surface area (Å²) < 4.78 is 5.66. The molecule has 0 radical (unpaired) electrons. The molecule has 0 saturated carbocycles. The smallest absolute Gasteiger partial charge is 0.255 e. The maximum absolute atomic E-state index is 12.8. The standard InChI is InChI=1S/C19H21Cl2N3O2.2ClH/c1-12(22)15-6-2-3-10-24(15)19(25)13-8-9-17(23-11-13)26-16-7-4-5-14(20)18(16)21;;/h4-5,7-9,11-12,15H,2-3,6,10,22H2,1H3;2*1H. The van der Waals surface area contributed by atoms with Crippen molar-refractivity contribution in [1.82, 2.24) is 9.88 Å². The highest BCUT2D eigenvalue weighted by atomic mass is 35.5. The number of benzene rings is 1. The number of aromatic nitrogens is 1. The van der Waals surface area contributed by atoms with Crippen LogP contribution in [0, 0.1) is 0 Å². The highest BCUT2D eigenvalue weighted by Crippen LogP contribution is 2.34. The van der Waals surface area contributed by atoms with Gasteiger partial charge in [-0.15, -0.1) is 24.8 Å². The Morgan fingerprint density at radius 1 is 1.25 bits per heavy atom. The number of likely N-dealkylation sites (tertiary alicyclic amines) is 1. The maximum Gasteiger partial charge on any atom is 0.255 e. The van der Waals surface area contributed by atoms with Gasteiger partial charge >= 0.3 is 0 Å². The average Bonchev–Trinajstić information content (AvgIpc) is 2.65. The Labute approximate surface area is 187 Å². The van der Waals surface area contributed by atoms with Crippen LogP contribution in [0.2, 0.25) is 10.0 Å². The summed E-state index contributed by atoms with van der Waals surface area (Å²) in [4.78, 5) is 18.9. The van der Waals surface area contributed by atoms with Gasteiger partial charge < -0.3 is 15.4 Å². The molecule has 0 aliphatic carbocycles. The number of hydrogen-bond donors (Lipinski definition) is 1. The third kappa shape index (κ3) is 5.65. The molecule has 1 aliphatic rings. The van der Waals surface area contributed by atoms with E-state index in [4.69, 9.17) is 33.7 Å². The third-order valence-electron chi connectivity index (χ3n) is 4.53. The van der Waals surface area contributed by atoms with Gasteiger partial charge in [0.1, 0.15) is 10.8 Å². The molecule has 1 aliphatic heterocycles. The zero-order valence-electron chi connectivity index (χ0n) is 15.3. The van der Waals surface area contributed by atoms with Crippen molar-refractivity contribution in [2.45, 2.75) is 38.3 Å². The predicted molar refractivity (Wildman–Crippen MR) is 118 cm³/mol. The summed E-state index contributed by atoms with van der Waals surface area (Å²) in [5, 5.41) is 0.729. The minimum Gasteiger partial charge on any atom is -0.437 e. The third-order valence-corrected chi connectivity index (χ3v) is 5.33. The minimum absolute atomic E-state index is 0. The number of nitrogens with two attached hydrogens (primary N) is 1. The molecule has 1 fully saturated rings. The monoisotopic (exact) mass is 465 g/mol. The second kappa shape index (κ2) is 11.1. The van der Waals surface area contributed by atoms with Gasteiger partial charge in [-0.2, -0.15) is 0 Å². The number of piperidine rings is 1. The molecule has 2 atom stereocenters. The number of nitrogens with zero attached hydrogens (tertiary/aromatic N) is 2. The second-order valence-electron chi connectivity index (χ2n) is 6.46. The van der Waals surface area contributed by atoms with E-state index in [2.05, 4.69) is 4.98 Å². The van der Waals surface area contributed by atoms with E-state index in [9.17, 15) is 4.79 Å². The van der Waals surface area contributed by atoms with Crippen LogP contribution >= 0.6 is 48.0 Å². The molecule has 1 amide bonds. The molecule has 1 aromatic carbocycles. The zero-order chi connectivity index (χ0) is 18.7. The van der Waals surface area contributed by atoms with Crippen molar-refractivity contribution in [3.05, 3.63) is 52.1 Å². The molecule has 2 aromatic rings. The lowest BCUT2D eigenvalue weighted by molar-refractivity contribution is 0.0583. The molecule has 9 heteroatoms. The quantitative estimate of drug-likeness (QED) is 0.657. The van der Waals surface area contributed by atoms with Gasteiger partial charge in [0.25, 0.3) is 5.91 Å². The SMILES string of the molecule is CC(N)C1CCCCN1C(=O)c1ccc(Oc2cccc(Cl)c2Cl)nc1.Cl.Cl. The molecule has 28 heavy (non-hydrogen) atoms. The van der Waals surface area contributed by atoms with Crippen molar-refractivity contribution in [3.8, 4) is 11.6 Å². The predicted octanol–water partition coefficient (Wildman–Crippen LogP) is 5.37. The molecule has 1 saturated heterocycles. The summed E-state index contributed by atoms with van der Waals surface area (Å²) in [5.74, 6) is 0.707. The van der Waals surface area contributed by atoms with Crippen LogP contribution in [0.3, 0.4) is 0 Å². The Morgan fingerprint density at radius 3 is 2.64 bits per heavy atom. The molecule has 2 N–H and O–H groups in total. The first kappa shape index (κ1) is 24.8. The Bertz CT molecular complexity index is 787. The van der Waals surface area contributed by atoms with Gasteiger partial charge in [-0.05, 0) is 44.4 Å². The molecule has 3 rings (SSSR count). The average molecular weight is 467 g/mol. The fourth-order valence-corrected chi connectivity index (χ4v) is 3.50. The van der Waals surface area contributed by atoms with Gasteiger partial charge in [-0.25, -0.2) is 4.98 Å². The number of hydrogen-bond acceptors (Lipinski definition) is 4. The van der Waals surface area contributed by atoms with Gasteiger partial charge in [-0.1, -0.05) is 29.3 Å². The van der Waals surface area contributed by atoms with Crippen molar-refractivity contribution in [3.63, 3.8) is 0 Å². The van der Waals surface area contributed by atoms with Crippen LogP contribution in [-0.2, 0) is 0 Å². The summed E-state index contributed by atoms with van der Waals surface area (Å²) in [5.41, 5.74) is 6.57. The van der Waals surface area contributed by atoms with Crippen molar-refractivity contribution in [2.24, 2.45) is 5.73 Å². The number of carbonyl (C=O) groups is 1. The van der Waals surface area contributed by atoms with E-state index in [0.717, 1.165) is 25.8 Å². The lowest BCUT2D eigenvalue weighted by Crippen LogP contribution is -2.51. The van der Waals surface area contributed by atoms with Crippen LogP contribution in [0.4, 0.5) is 0 Å². The van der Waals surface area contributed by atoms with Crippen molar-refractivity contribution in [1.29, 1.82) is 0 Å². The van der Waals surface area contributed by atoms with E-state index >= 15 is 0 Å². The van der Waals surface area contributed by atoms with Crippen LogP contribution in [0.15, 0.2) is 36.5 Å². The largest absolute Gasteiger partial charge is 0.437 e. The number of ether oxygens (including phenoxy) is 1. The van der Waals surface area contributed by atoms with Gasteiger partial charge in [0.05, 0.1) is 10.6 Å². The van der Waals surface area contributed by atoms with Crippen molar-refractivity contribution < 1.29 is 9.53 Å². The van der Waals surface area contributed by atoms with Crippen LogP contribution in [-0.4, -0.2) is 34.4 Å². The maximum atomic E-state index is 12.8. The topological polar surface area (TPSA) is 68.5 Å². The summed E-state index contributed by atoms with van der Waals surface area (Å²) in [7, 11) is 0. The lowest BCUT2D eigenvalue weighted by atomic mass is 9.96. The first-order chi connectivity index (χ1) is 12.5. The second-order valence-corrected chi connectivity index (χ2v) is 7.25. The first-order valence-corrected chi connectivity index (χ1v) is 9.37. The van der Waals surface area contributed by atoms with Gasteiger partial charge in [0, 0.05) is 30.9 Å². The molecule has 1 aromatic heterocycles. The zero-order valence-corrected chi connectivity index (χ0v) is 18.5. The van der Waals surface area contributed by atoms with Gasteiger partial charge in [-0.3, -0.25) is 4.79 Å². The number of pyridine rings is 1. The molecule has 5 nitrogen and oxygen atoms in total. The van der Waals surface area contributed by atoms with Crippen molar-refractivity contribution in [2.75, 3.05) is 6.54 Å². The Kier molecular flexibility index (Phi) is 9.81. The van der Waals surface area contributed by atoms with Crippen LogP contribution in [0.1, 0.15) is 36.5 Å². The van der Waals surface area contributed by atoms with E-state index in [1.165, 1.54) is 6.20 Å². The van der Waals surface area contributed by atoms with E-state index in [1.54, 1.807) is 30.3 Å². The van der Waals surface area contributed by atoms with Crippen LogP contribution < -0.4 is 10.5 Å². The highest BCUT2D eigenvalue weighted by Gasteiger charge is 2.29.